The second kappa shape index (κ2) is 4.16. The molecule has 1 rings (SSSR count). The van der Waals surface area contributed by atoms with Crippen molar-refractivity contribution in [3.05, 3.63) is 23.7 Å². The molecule has 0 bridgehead atoms. The molecular formula is C10H18ClNO. The highest BCUT2D eigenvalue weighted by molar-refractivity contribution is 5.85. The van der Waals surface area contributed by atoms with Crippen molar-refractivity contribution in [1.29, 1.82) is 0 Å². The third-order valence-corrected chi connectivity index (χ3v) is 2.00. The Morgan fingerprint density at radius 1 is 1.31 bits per heavy atom. The lowest BCUT2D eigenvalue weighted by atomic mass is 9.86. The fraction of sp³-hybridized carbons (Fsp3) is 0.600. The lowest BCUT2D eigenvalue weighted by molar-refractivity contribution is 0.282. The van der Waals surface area contributed by atoms with Gasteiger partial charge >= 0.3 is 0 Å². The molecule has 3 heteroatoms. The van der Waals surface area contributed by atoms with E-state index in [0.717, 1.165) is 11.5 Å². The third-order valence-electron chi connectivity index (χ3n) is 2.00. The van der Waals surface area contributed by atoms with Crippen LogP contribution >= 0.6 is 12.4 Å². The molecule has 0 aliphatic heterocycles. The van der Waals surface area contributed by atoms with E-state index in [0.29, 0.717) is 0 Å². The summed E-state index contributed by atoms with van der Waals surface area (Å²) in [5, 5.41) is 0. The van der Waals surface area contributed by atoms with Crippen molar-refractivity contribution < 1.29 is 4.42 Å². The normalized spacial score (nSPS) is 13.6. The number of nitrogens with two attached hydrogens (primary N) is 1. The summed E-state index contributed by atoms with van der Waals surface area (Å²) in [7, 11) is 0. The van der Waals surface area contributed by atoms with Crippen molar-refractivity contribution in [2.24, 2.45) is 11.1 Å². The van der Waals surface area contributed by atoms with Crippen LogP contribution in [0.1, 0.15) is 38.3 Å². The minimum absolute atomic E-state index is 0. The first-order valence-electron chi connectivity index (χ1n) is 4.23. The van der Waals surface area contributed by atoms with Gasteiger partial charge in [0.05, 0.1) is 6.04 Å². The third kappa shape index (κ3) is 3.05. The zero-order valence-corrected chi connectivity index (χ0v) is 9.44. The summed E-state index contributed by atoms with van der Waals surface area (Å²) in [4.78, 5) is 0. The van der Waals surface area contributed by atoms with Crippen LogP contribution in [0.15, 0.2) is 16.5 Å². The molecule has 2 N–H and O–H groups in total. The van der Waals surface area contributed by atoms with Crippen molar-refractivity contribution >= 4 is 12.4 Å². The second-order valence-electron chi connectivity index (χ2n) is 4.29. The highest BCUT2D eigenvalue weighted by atomic mass is 35.5. The van der Waals surface area contributed by atoms with Crippen molar-refractivity contribution in [2.75, 3.05) is 0 Å². The van der Waals surface area contributed by atoms with E-state index in [4.69, 9.17) is 10.2 Å². The van der Waals surface area contributed by atoms with Gasteiger partial charge in [-0.05, 0) is 24.5 Å². The van der Waals surface area contributed by atoms with E-state index >= 15 is 0 Å². The number of furan rings is 1. The van der Waals surface area contributed by atoms with Crippen LogP contribution in [0.4, 0.5) is 0 Å². The van der Waals surface area contributed by atoms with Crippen LogP contribution in [-0.4, -0.2) is 0 Å². The smallest absolute Gasteiger partial charge is 0.121 e. The highest BCUT2D eigenvalue weighted by Gasteiger charge is 2.24. The average Bonchev–Trinajstić information content (AvgIpc) is 2.32. The molecule has 1 aromatic heterocycles. The molecule has 76 valence electrons. The largest absolute Gasteiger partial charge is 0.465 e. The first-order valence-corrected chi connectivity index (χ1v) is 4.23. The summed E-state index contributed by atoms with van der Waals surface area (Å²) in [6, 6.07) is 3.87. The summed E-state index contributed by atoms with van der Waals surface area (Å²) in [6.45, 7) is 8.25. The monoisotopic (exact) mass is 203 g/mol. The van der Waals surface area contributed by atoms with Gasteiger partial charge in [-0.2, -0.15) is 0 Å². The molecule has 0 aliphatic carbocycles. The summed E-state index contributed by atoms with van der Waals surface area (Å²) in [6.07, 6.45) is 0. The molecule has 0 saturated carbocycles. The molecule has 2 nitrogen and oxygen atoms in total. The topological polar surface area (TPSA) is 39.2 Å². The number of hydrogen-bond acceptors (Lipinski definition) is 2. The van der Waals surface area contributed by atoms with Gasteiger partial charge in [-0.3, -0.25) is 0 Å². The quantitative estimate of drug-likeness (QED) is 0.762. The first kappa shape index (κ1) is 12.5. The Morgan fingerprint density at radius 2 is 1.85 bits per heavy atom. The Kier molecular flexibility index (Phi) is 4.01. The summed E-state index contributed by atoms with van der Waals surface area (Å²) < 4.78 is 5.45. The molecule has 0 aromatic carbocycles. The lowest BCUT2D eigenvalue weighted by Crippen LogP contribution is -2.25. The number of halogens is 1. The van der Waals surface area contributed by atoms with E-state index in [9.17, 15) is 0 Å². The SMILES string of the molecule is Cc1ccc([C@H](N)C(C)(C)C)o1.Cl. The van der Waals surface area contributed by atoms with Crippen molar-refractivity contribution in [2.45, 2.75) is 33.7 Å². The van der Waals surface area contributed by atoms with Gasteiger partial charge < -0.3 is 10.2 Å². The highest BCUT2D eigenvalue weighted by Crippen LogP contribution is 2.30. The molecule has 0 amide bonds. The molecular weight excluding hydrogens is 186 g/mol. The van der Waals surface area contributed by atoms with Crippen LogP contribution < -0.4 is 5.73 Å². The van der Waals surface area contributed by atoms with Gasteiger partial charge in [0.1, 0.15) is 11.5 Å². The number of hydrogen-bond donors (Lipinski definition) is 1. The van der Waals surface area contributed by atoms with Crippen LogP contribution in [-0.2, 0) is 0 Å². The fourth-order valence-electron chi connectivity index (χ4n) is 1.05. The van der Waals surface area contributed by atoms with Crippen molar-refractivity contribution in [3.63, 3.8) is 0 Å². The van der Waals surface area contributed by atoms with Crippen LogP contribution in [0.2, 0.25) is 0 Å². The Labute approximate surface area is 85.9 Å². The molecule has 0 saturated heterocycles. The van der Waals surface area contributed by atoms with Gasteiger partial charge in [-0.25, -0.2) is 0 Å². The minimum Gasteiger partial charge on any atom is -0.465 e. The molecule has 0 spiro atoms. The van der Waals surface area contributed by atoms with Gasteiger partial charge in [-0.1, -0.05) is 20.8 Å². The zero-order valence-electron chi connectivity index (χ0n) is 8.63. The lowest BCUT2D eigenvalue weighted by Gasteiger charge is -2.24. The predicted molar refractivity (Wildman–Crippen MR) is 57.1 cm³/mol. The van der Waals surface area contributed by atoms with E-state index in [1.54, 1.807) is 0 Å². The molecule has 0 fully saturated rings. The van der Waals surface area contributed by atoms with Crippen LogP contribution in [0.5, 0.6) is 0 Å². The van der Waals surface area contributed by atoms with Gasteiger partial charge in [-0.15, -0.1) is 12.4 Å². The van der Waals surface area contributed by atoms with E-state index in [1.165, 1.54) is 0 Å². The number of rotatable bonds is 1. The summed E-state index contributed by atoms with van der Waals surface area (Å²) in [5.41, 5.74) is 6.05. The van der Waals surface area contributed by atoms with Crippen molar-refractivity contribution in [3.8, 4) is 0 Å². The van der Waals surface area contributed by atoms with Crippen LogP contribution in [0.3, 0.4) is 0 Å². The van der Waals surface area contributed by atoms with E-state index in [1.807, 2.05) is 19.1 Å². The molecule has 1 aromatic rings. The van der Waals surface area contributed by atoms with Crippen LogP contribution in [0.25, 0.3) is 0 Å². The Hall–Kier alpha value is -0.470. The van der Waals surface area contributed by atoms with E-state index < -0.39 is 0 Å². The van der Waals surface area contributed by atoms with Crippen LogP contribution in [0, 0.1) is 12.3 Å². The summed E-state index contributed by atoms with van der Waals surface area (Å²) in [5.74, 6) is 1.80. The maximum absolute atomic E-state index is 5.99. The molecule has 1 heterocycles. The molecule has 13 heavy (non-hydrogen) atoms. The predicted octanol–water partition coefficient (Wildman–Crippen LogP) is 3.06. The maximum Gasteiger partial charge on any atom is 0.121 e. The average molecular weight is 204 g/mol. The van der Waals surface area contributed by atoms with E-state index in [2.05, 4.69) is 20.8 Å². The molecule has 0 aliphatic rings. The Morgan fingerprint density at radius 3 is 2.15 bits per heavy atom. The zero-order chi connectivity index (χ0) is 9.35. The molecule has 0 radical (unpaired) electrons. The second-order valence-corrected chi connectivity index (χ2v) is 4.29. The Bertz CT molecular complexity index is 262. The first-order chi connectivity index (χ1) is 5.41. The molecule has 1 atom stereocenters. The van der Waals surface area contributed by atoms with Crippen molar-refractivity contribution in [1.82, 2.24) is 0 Å². The summed E-state index contributed by atoms with van der Waals surface area (Å²) >= 11 is 0. The van der Waals surface area contributed by atoms with Gasteiger partial charge in [0.2, 0.25) is 0 Å². The Balaban J connectivity index is 0.00000144. The standard InChI is InChI=1S/C10H17NO.ClH/c1-7-5-6-8(12-7)9(11)10(2,3)4;/h5-6,9H,11H2,1-4H3;1H/t9-;/m0./s1. The van der Waals surface area contributed by atoms with E-state index in [-0.39, 0.29) is 23.9 Å². The minimum atomic E-state index is -0.0220. The fourth-order valence-corrected chi connectivity index (χ4v) is 1.05. The van der Waals surface area contributed by atoms with Gasteiger partial charge in [0, 0.05) is 0 Å². The van der Waals surface area contributed by atoms with Gasteiger partial charge in [0.15, 0.2) is 0 Å². The van der Waals surface area contributed by atoms with Gasteiger partial charge in [0.25, 0.3) is 0 Å². The number of aryl methyl sites for hydroxylation is 1. The maximum atomic E-state index is 5.99. The molecule has 0 unspecified atom stereocenters.